The summed E-state index contributed by atoms with van der Waals surface area (Å²) in [4.78, 5) is 12.1. The van der Waals surface area contributed by atoms with E-state index < -0.39 is 0 Å². The molecule has 0 saturated carbocycles. The lowest BCUT2D eigenvalue weighted by molar-refractivity contribution is 0.0973. The smallest absolute Gasteiger partial charge is 0.166 e. The number of rotatable bonds is 0. The van der Waals surface area contributed by atoms with Crippen LogP contribution in [-0.4, -0.2) is 10.4 Å². The van der Waals surface area contributed by atoms with Gasteiger partial charge in [-0.05, 0) is 43.4 Å². The highest BCUT2D eigenvalue weighted by molar-refractivity contribution is 6.10. The average Bonchev–Trinajstić information content (AvgIpc) is 2.78. The van der Waals surface area contributed by atoms with E-state index in [0.29, 0.717) is 12.0 Å². The monoisotopic (exact) mass is 250 g/mol. The number of benzene rings is 1. The Labute approximate surface area is 111 Å². The van der Waals surface area contributed by atoms with Gasteiger partial charge in [-0.2, -0.15) is 5.26 Å². The van der Waals surface area contributed by atoms with Crippen molar-refractivity contribution < 1.29 is 4.79 Å². The maximum absolute atomic E-state index is 12.1. The summed E-state index contributed by atoms with van der Waals surface area (Å²) in [5.74, 6) is 0.185. The van der Waals surface area contributed by atoms with E-state index in [-0.39, 0.29) is 5.78 Å². The molecule has 0 unspecified atom stereocenters. The Morgan fingerprint density at radius 2 is 2.00 bits per heavy atom. The van der Waals surface area contributed by atoms with Gasteiger partial charge in [0.25, 0.3) is 0 Å². The largest absolute Gasteiger partial charge is 0.343 e. The summed E-state index contributed by atoms with van der Waals surface area (Å²) in [5, 5.41) is 10.3. The fourth-order valence-corrected chi connectivity index (χ4v) is 3.64. The van der Waals surface area contributed by atoms with Crippen LogP contribution in [0.1, 0.15) is 46.4 Å². The minimum atomic E-state index is 0.185. The van der Waals surface area contributed by atoms with Crippen molar-refractivity contribution in [2.75, 3.05) is 0 Å². The van der Waals surface area contributed by atoms with Crippen LogP contribution in [0.4, 0.5) is 0 Å². The van der Waals surface area contributed by atoms with Crippen molar-refractivity contribution in [2.24, 2.45) is 0 Å². The van der Waals surface area contributed by atoms with E-state index in [4.69, 9.17) is 5.26 Å². The summed E-state index contributed by atoms with van der Waals surface area (Å²) in [6, 6.07) is 5.93. The second-order valence-electron chi connectivity index (χ2n) is 5.49. The van der Waals surface area contributed by atoms with Crippen LogP contribution in [0.2, 0.25) is 0 Å². The summed E-state index contributed by atoms with van der Waals surface area (Å²) in [7, 11) is 0. The lowest BCUT2D eigenvalue weighted by Gasteiger charge is -2.19. The molecule has 1 aromatic carbocycles. The maximum Gasteiger partial charge on any atom is 0.166 e. The number of carbonyl (C=O) groups is 1. The molecule has 0 bridgehead atoms. The molecule has 94 valence electrons. The number of Topliss-reactive ketones (excluding diaryl/α,β-unsaturated/α-hetero) is 1. The summed E-state index contributed by atoms with van der Waals surface area (Å²) in [5.41, 5.74) is 5.25. The van der Waals surface area contributed by atoms with Crippen LogP contribution in [0.3, 0.4) is 0 Å². The Bertz CT molecular complexity index is 761. The zero-order chi connectivity index (χ0) is 13.0. The van der Waals surface area contributed by atoms with Gasteiger partial charge >= 0.3 is 0 Å². The van der Waals surface area contributed by atoms with E-state index >= 15 is 0 Å². The van der Waals surface area contributed by atoms with Gasteiger partial charge in [0, 0.05) is 29.6 Å². The topological polar surface area (TPSA) is 45.8 Å². The third-order valence-electron chi connectivity index (χ3n) is 4.46. The zero-order valence-corrected chi connectivity index (χ0v) is 10.7. The maximum atomic E-state index is 12.1. The van der Waals surface area contributed by atoms with Crippen LogP contribution < -0.4 is 0 Å². The molecule has 0 saturated heterocycles. The van der Waals surface area contributed by atoms with Crippen molar-refractivity contribution >= 4 is 16.7 Å². The van der Waals surface area contributed by atoms with E-state index in [1.54, 1.807) is 6.07 Å². The summed E-state index contributed by atoms with van der Waals surface area (Å²) >= 11 is 0. The van der Waals surface area contributed by atoms with E-state index in [1.807, 2.05) is 6.07 Å². The Hall–Kier alpha value is -2.08. The predicted octanol–water partition coefficient (Wildman–Crippen LogP) is 2.98. The Kier molecular flexibility index (Phi) is 2.11. The molecule has 2 aromatic rings. The number of nitriles is 1. The van der Waals surface area contributed by atoms with Crippen molar-refractivity contribution in [3.05, 3.63) is 34.5 Å². The first kappa shape index (κ1) is 10.8. The molecule has 2 heterocycles. The molecule has 1 aromatic heterocycles. The number of hydrogen-bond acceptors (Lipinski definition) is 2. The molecule has 19 heavy (non-hydrogen) atoms. The van der Waals surface area contributed by atoms with Gasteiger partial charge in [0.1, 0.15) is 0 Å². The second kappa shape index (κ2) is 3.71. The summed E-state index contributed by atoms with van der Waals surface area (Å²) in [6.07, 6.45) is 5.21. The zero-order valence-electron chi connectivity index (χ0n) is 10.7. The lowest BCUT2D eigenvalue weighted by atomic mass is 9.94. The first-order valence-electron chi connectivity index (χ1n) is 6.91. The number of hydrogen-bond donors (Lipinski definition) is 0. The summed E-state index contributed by atoms with van der Waals surface area (Å²) < 4.78 is 2.34. The summed E-state index contributed by atoms with van der Waals surface area (Å²) in [6.45, 7) is 0.809. The molecular formula is C16H14N2O. The molecule has 0 fully saturated rings. The van der Waals surface area contributed by atoms with Crippen molar-refractivity contribution in [3.63, 3.8) is 0 Å². The molecule has 0 spiro atoms. The fraction of sp³-hybridized carbons (Fsp3) is 0.375. The third kappa shape index (κ3) is 1.34. The van der Waals surface area contributed by atoms with Gasteiger partial charge in [-0.3, -0.25) is 4.79 Å². The highest BCUT2D eigenvalue weighted by Crippen LogP contribution is 2.37. The number of aryl methyl sites for hydroxylation is 2. The Morgan fingerprint density at radius 1 is 1.16 bits per heavy atom. The van der Waals surface area contributed by atoms with E-state index in [0.717, 1.165) is 35.9 Å². The lowest BCUT2D eigenvalue weighted by Crippen LogP contribution is -2.17. The molecule has 1 aliphatic heterocycles. The molecule has 3 heteroatoms. The van der Waals surface area contributed by atoms with Crippen LogP contribution >= 0.6 is 0 Å². The van der Waals surface area contributed by atoms with Crippen LogP contribution in [-0.2, 0) is 19.4 Å². The van der Waals surface area contributed by atoms with Crippen molar-refractivity contribution in [1.82, 2.24) is 4.57 Å². The highest BCUT2D eigenvalue weighted by Gasteiger charge is 2.27. The molecule has 2 aliphatic rings. The molecular weight excluding hydrogens is 236 g/mol. The van der Waals surface area contributed by atoms with Crippen molar-refractivity contribution in [3.8, 4) is 6.07 Å². The van der Waals surface area contributed by atoms with Crippen LogP contribution in [0, 0.1) is 11.3 Å². The van der Waals surface area contributed by atoms with Gasteiger partial charge in [-0.15, -0.1) is 0 Å². The van der Waals surface area contributed by atoms with Gasteiger partial charge in [0.05, 0.1) is 17.1 Å². The van der Waals surface area contributed by atoms with E-state index in [9.17, 15) is 4.79 Å². The highest BCUT2D eigenvalue weighted by atomic mass is 16.1. The minimum Gasteiger partial charge on any atom is -0.343 e. The molecule has 0 N–H and O–H groups in total. The Balaban J connectivity index is 2.18. The Morgan fingerprint density at radius 3 is 2.84 bits per heavy atom. The van der Waals surface area contributed by atoms with Crippen LogP contribution in [0.15, 0.2) is 12.1 Å². The third-order valence-corrected chi connectivity index (χ3v) is 4.46. The normalized spacial score (nSPS) is 17.3. The molecule has 0 atom stereocenters. The standard InChI is InChI=1S/C16H14N2O/c17-9-10-7-12-11-3-1-2-4-14(11)18-6-5-15(19)13(8-10)16(12)18/h7-8H,1-6H2. The molecule has 0 amide bonds. The average molecular weight is 250 g/mol. The number of carbonyl (C=O) groups excluding carboxylic acids is 1. The van der Waals surface area contributed by atoms with Crippen molar-refractivity contribution in [1.29, 1.82) is 5.26 Å². The molecule has 3 nitrogen and oxygen atoms in total. The van der Waals surface area contributed by atoms with Crippen LogP contribution in [0.25, 0.3) is 10.9 Å². The van der Waals surface area contributed by atoms with E-state index in [2.05, 4.69) is 10.6 Å². The number of fused-ring (bicyclic) bond motifs is 3. The fourth-order valence-electron chi connectivity index (χ4n) is 3.64. The van der Waals surface area contributed by atoms with Gasteiger partial charge in [-0.25, -0.2) is 0 Å². The first-order chi connectivity index (χ1) is 9.29. The van der Waals surface area contributed by atoms with E-state index in [1.165, 1.54) is 24.1 Å². The van der Waals surface area contributed by atoms with Gasteiger partial charge in [0.15, 0.2) is 5.78 Å². The molecule has 4 rings (SSSR count). The SMILES string of the molecule is N#Cc1cc2c3c(c1)c1c(n3CCC2=O)CCCC1. The van der Waals surface area contributed by atoms with Gasteiger partial charge < -0.3 is 4.57 Å². The quantitative estimate of drug-likeness (QED) is 0.721. The minimum absolute atomic E-state index is 0.185. The van der Waals surface area contributed by atoms with Gasteiger partial charge in [0.2, 0.25) is 0 Å². The number of aromatic nitrogens is 1. The predicted molar refractivity (Wildman–Crippen MR) is 72.2 cm³/mol. The van der Waals surface area contributed by atoms with Gasteiger partial charge in [-0.1, -0.05) is 0 Å². The first-order valence-corrected chi connectivity index (χ1v) is 6.91. The number of ketones is 1. The van der Waals surface area contributed by atoms with Crippen molar-refractivity contribution in [2.45, 2.75) is 38.6 Å². The number of nitrogens with zero attached hydrogens (tertiary/aromatic N) is 2. The molecule has 1 aliphatic carbocycles. The van der Waals surface area contributed by atoms with Crippen LogP contribution in [0.5, 0.6) is 0 Å². The second-order valence-corrected chi connectivity index (χ2v) is 5.49. The molecule has 0 radical (unpaired) electrons.